The number of hydrogen-bond acceptors (Lipinski definition) is 3. The quantitative estimate of drug-likeness (QED) is 0.441. The van der Waals surface area contributed by atoms with Gasteiger partial charge in [0.15, 0.2) is 0 Å². The number of anilines is 2. The van der Waals surface area contributed by atoms with Gasteiger partial charge in [0, 0.05) is 24.0 Å². The molecule has 0 atom stereocenters. The average Bonchev–Trinajstić information content (AvgIpc) is 2.72. The molecule has 2 N–H and O–H groups in total. The van der Waals surface area contributed by atoms with Gasteiger partial charge in [-0.05, 0) is 60.9 Å². The molecular formula is C23H24F3N3O. The van der Waals surface area contributed by atoms with Crippen molar-refractivity contribution in [1.82, 2.24) is 4.98 Å². The van der Waals surface area contributed by atoms with Crippen molar-refractivity contribution in [1.29, 1.82) is 0 Å². The van der Waals surface area contributed by atoms with Crippen LogP contribution in [0.3, 0.4) is 0 Å². The number of amides is 1. The molecule has 7 heteroatoms. The Hall–Kier alpha value is -3.09. The number of hydrogen-bond donors (Lipinski definition) is 2. The first-order chi connectivity index (χ1) is 14.3. The highest BCUT2D eigenvalue weighted by molar-refractivity contribution is 5.94. The second-order valence-corrected chi connectivity index (χ2v) is 7.13. The number of aryl methyl sites for hydroxylation is 1. The van der Waals surface area contributed by atoms with Crippen LogP contribution in [0.15, 0.2) is 54.6 Å². The van der Waals surface area contributed by atoms with Crippen LogP contribution in [0.25, 0.3) is 10.9 Å². The van der Waals surface area contributed by atoms with Gasteiger partial charge in [-0.15, -0.1) is 0 Å². The van der Waals surface area contributed by atoms with Crippen LogP contribution in [0.4, 0.5) is 24.7 Å². The third-order valence-electron chi connectivity index (χ3n) is 4.73. The monoisotopic (exact) mass is 415 g/mol. The normalized spacial score (nSPS) is 11.5. The second kappa shape index (κ2) is 9.61. The average molecular weight is 415 g/mol. The molecule has 4 nitrogen and oxygen atoms in total. The molecule has 0 fully saturated rings. The lowest BCUT2D eigenvalue weighted by atomic mass is 10.1. The molecular weight excluding hydrogens is 391 g/mol. The lowest BCUT2D eigenvalue weighted by molar-refractivity contribution is -0.137. The molecule has 0 saturated carbocycles. The molecule has 0 bridgehead atoms. The van der Waals surface area contributed by atoms with Gasteiger partial charge < -0.3 is 10.6 Å². The first kappa shape index (κ1) is 21.6. The number of rotatable bonds is 8. The number of halogens is 3. The largest absolute Gasteiger partial charge is 0.416 e. The summed E-state index contributed by atoms with van der Waals surface area (Å²) in [4.78, 5) is 16.8. The van der Waals surface area contributed by atoms with Crippen LogP contribution in [0.5, 0.6) is 0 Å². The van der Waals surface area contributed by atoms with Crippen molar-refractivity contribution in [3.8, 4) is 0 Å². The fourth-order valence-corrected chi connectivity index (χ4v) is 3.04. The molecule has 2 aromatic carbocycles. The summed E-state index contributed by atoms with van der Waals surface area (Å²) in [6.45, 7) is 3.01. The number of benzene rings is 2. The standard InChI is InChI=1S/C23H24F3N3O/c1-2-3-14-27-21-12-7-17-15-19(10-11-20(17)29-21)28-22(30)13-6-16-4-8-18(9-5-16)23(24,25)26/h4-5,7-12,15H,2-3,6,13-14H2,1H3,(H,27,29)(H,28,30). The molecule has 0 unspecified atom stereocenters. The fourth-order valence-electron chi connectivity index (χ4n) is 3.04. The number of carbonyl (C=O) groups excluding carboxylic acids is 1. The minimum Gasteiger partial charge on any atom is -0.370 e. The highest BCUT2D eigenvalue weighted by Gasteiger charge is 2.29. The summed E-state index contributed by atoms with van der Waals surface area (Å²) in [5, 5.41) is 7.03. The van der Waals surface area contributed by atoms with Crippen LogP contribution in [0.2, 0.25) is 0 Å². The van der Waals surface area contributed by atoms with E-state index in [4.69, 9.17) is 0 Å². The number of aromatic nitrogens is 1. The number of nitrogens with zero attached hydrogens (tertiary/aromatic N) is 1. The molecule has 0 saturated heterocycles. The summed E-state index contributed by atoms with van der Waals surface area (Å²) in [6, 6.07) is 14.3. The summed E-state index contributed by atoms with van der Waals surface area (Å²) in [7, 11) is 0. The Bertz CT molecular complexity index is 1000. The zero-order valence-electron chi connectivity index (χ0n) is 16.7. The summed E-state index contributed by atoms with van der Waals surface area (Å²) >= 11 is 0. The molecule has 1 aromatic heterocycles. The van der Waals surface area contributed by atoms with E-state index in [0.717, 1.165) is 48.2 Å². The third-order valence-corrected chi connectivity index (χ3v) is 4.73. The molecule has 0 spiro atoms. The highest BCUT2D eigenvalue weighted by atomic mass is 19.4. The van der Waals surface area contributed by atoms with E-state index in [2.05, 4.69) is 22.5 Å². The first-order valence-corrected chi connectivity index (χ1v) is 9.96. The van der Waals surface area contributed by atoms with E-state index in [-0.39, 0.29) is 12.3 Å². The number of carbonyl (C=O) groups is 1. The molecule has 0 radical (unpaired) electrons. The maximum atomic E-state index is 12.6. The molecule has 1 heterocycles. The van der Waals surface area contributed by atoms with E-state index >= 15 is 0 Å². The van der Waals surface area contributed by atoms with Gasteiger partial charge in [-0.2, -0.15) is 13.2 Å². The van der Waals surface area contributed by atoms with Gasteiger partial charge in [0.1, 0.15) is 5.82 Å². The Kier molecular flexibility index (Phi) is 6.92. The Morgan fingerprint density at radius 2 is 1.80 bits per heavy atom. The molecule has 0 aliphatic rings. The maximum Gasteiger partial charge on any atom is 0.416 e. The maximum absolute atomic E-state index is 12.6. The molecule has 30 heavy (non-hydrogen) atoms. The molecule has 3 aromatic rings. The van der Waals surface area contributed by atoms with Crippen LogP contribution in [0, 0.1) is 0 Å². The Morgan fingerprint density at radius 3 is 2.50 bits per heavy atom. The zero-order valence-corrected chi connectivity index (χ0v) is 16.7. The van der Waals surface area contributed by atoms with E-state index < -0.39 is 11.7 Å². The van der Waals surface area contributed by atoms with Crippen molar-refractivity contribution >= 4 is 28.3 Å². The van der Waals surface area contributed by atoms with Crippen molar-refractivity contribution < 1.29 is 18.0 Å². The first-order valence-electron chi connectivity index (χ1n) is 9.96. The van der Waals surface area contributed by atoms with E-state index in [1.54, 1.807) is 6.07 Å². The Labute approximate surface area is 173 Å². The van der Waals surface area contributed by atoms with E-state index in [1.807, 2.05) is 24.3 Å². The predicted octanol–water partition coefficient (Wildman–Crippen LogP) is 6.04. The Morgan fingerprint density at radius 1 is 1.03 bits per heavy atom. The minimum absolute atomic E-state index is 0.182. The van der Waals surface area contributed by atoms with E-state index in [1.165, 1.54) is 12.1 Å². The van der Waals surface area contributed by atoms with Crippen molar-refractivity contribution in [2.75, 3.05) is 17.2 Å². The molecule has 0 aliphatic heterocycles. The SMILES string of the molecule is CCCCNc1ccc2cc(NC(=O)CCc3ccc(C(F)(F)F)cc3)ccc2n1. The molecule has 158 valence electrons. The van der Waals surface area contributed by atoms with Gasteiger partial charge in [0.05, 0.1) is 11.1 Å². The van der Waals surface area contributed by atoms with Crippen LogP contribution in [0.1, 0.15) is 37.3 Å². The fraction of sp³-hybridized carbons (Fsp3) is 0.304. The molecule has 1 amide bonds. The number of nitrogens with one attached hydrogen (secondary N) is 2. The minimum atomic E-state index is -4.35. The van der Waals surface area contributed by atoms with Crippen LogP contribution in [-0.4, -0.2) is 17.4 Å². The van der Waals surface area contributed by atoms with Crippen molar-refractivity contribution in [2.45, 2.75) is 38.8 Å². The predicted molar refractivity (Wildman–Crippen MR) is 114 cm³/mol. The van der Waals surface area contributed by atoms with Crippen LogP contribution < -0.4 is 10.6 Å². The van der Waals surface area contributed by atoms with Crippen LogP contribution >= 0.6 is 0 Å². The van der Waals surface area contributed by atoms with E-state index in [9.17, 15) is 18.0 Å². The van der Waals surface area contributed by atoms with Gasteiger partial charge in [0.25, 0.3) is 0 Å². The summed E-state index contributed by atoms with van der Waals surface area (Å²) < 4.78 is 37.8. The number of alkyl halides is 3. The molecule has 3 rings (SSSR count). The Balaban J connectivity index is 1.56. The molecule has 0 aliphatic carbocycles. The van der Waals surface area contributed by atoms with Crippen molar-refractivity contribution in [2.24, 2.45) is 0 Å². The van der Waals surface area contributed by atoms with Crippen molar-refractivity contribution in [3.05, 3.63) is 65.7 Å². The summed E-state index contributed by atoms with van der Waals surface area (Å²) in [5.74, 6) is 0.629. The van der Waals surface area contributed by atoms with Gasteiger partial charge in [0.2, 0.25) is 5.91 Å². The second-order valence-electron chi connectivity index (χ2n) is 7.13. The van der Waals surface area contributed by atoms with E-state index in [0.29, 0.717) is 17.7 Å². The van der Waals surface area contributed by atoms with Crippen LogP contribution in [-0.2, 0) is 17.4 Å². The van der Waals surface area contributed by atoms with Gasteiger partial charge >= 0.3 is 6.18 Å². The van der Waals surface area contributed by atoms with Gasteiger partial charge in [-0.1, -0.05) is 25.5 Å². The number of unbranched alkanes of at least 4 members (excludes halogenated alkanes) is 1. The zero-order chi connectivity index (χ0) is 21.6. The lowest BCUT2D eigenvalue weighted by Crippen LogP contribution is -2.12. The topological polar surface area (TPSA) is 54.0 Å². The number of fused-ring (bicyclic) bond motifs is 1. The van der Waals surface area contributed by atoms with Crippen molar-refractivity contribution in [3.63, 3.8) is 0 Å². The smallest absolute Gasteiger partial charge is 0.370 e. The highest BCUT2D eigenvalue weighted by Crippen LogP contribution is 2.29. The summed E-state index contributed by atoms with van der Waals surface area (Å²) in [5.41, 5.74) is 1.49. The number of pyridine rings is 1. The van der Waals surface area contributed by atoms with Gasteiger partial charge in [-0.3, -0.25) is 4.79 Å². The summed E-state index contributed by atoms with van der Waals surface area (Å²) in [6.07, 6.45) is -1.61. The third kappa shape index (κ3) is 5.95. The van der Waals surface area contributed by atoms with Gasteiger partial charge in [-0.25, -0.2) is 4.98 Å². The lowest BCUT2D eigenvalue weighted by Gasteiger charge is -2.09.